The number of carbonyl (C=O) groups is 1. The van der Waals surface area contributed by atoms with Gasteiger partial charge >= 0.3 is 6.03 Å². The number of amides is 2. The van der Waals surface area contributed by atoms with Crippen LogP contribution in [0, 0.1) is 0 Å². The zero-order valence-electron chi connectivity index (χ0n) is 14.6. The van der Waals surface area contributed by atoms with E-state index in [1.807, 2.05) is 6.07 Å². The lowest BCUT2D eigenvalue weighted by Gasteiger charge is -2.11. The van der Waals surface area contributed by atoms with Gasteiger partial charge in [0, 0.05) is 34.8 Å². The summed E-state index contributed by atoms with van der Waals surface area (Å²) in [5, 5.41) is 5.41. The number of nitrogens with one attached hydrogen (secondary N) is 3. The third-order valence-corrected chi connectivity index (χ3v) is 6.09. The van der Waals surface area contributed by atoms with Gasteiger partial charge in [-0.25, -0.2) is 13.2 Å². The lowest BCUT2D eigenvalue weighted by molar-refractivity contribution is 0.251. The Morgan fingerprint density at radius 1 is 0.964 bits per heavy atom. The molecule has 1 heterocycles. The van der Waals surface area contributed by atoms with Gasteiger partial charge in [0.25, 0.3) is 10.0 Å². The molecule has 144 valence electrons. The normalized spacial score (nSPS) is 10.9. The lowest BCUT2D eigenvalue weighted by atomic mass is 10.3. The topological polar surface area (TPSA) is 100 Å². The van der Waals surface area contributed by atoms with Crippen LogP contribution in [0.1, 0.15) is 5.56 Å². The number of anilines is 2. The molecule has 28 heavy (non-hydrogen) atoms. The van der Waals surface area contributed by atoms with Gasteiger partial charge in [0.1, 0.15) is 4.90 Å². The number of halogens is 1. The first-order chi connectivity index (χ1) is 13.4. The predicted molar refractivity (Wildman–Crippen MR) is 111 cm³/mol. The van der Waals surface area contributed by atoms with Crippen LogP contribution in [0.25, 0.3) is 0 Å². The van der Waals surface area contributed by atoms with Gasteiger partial charge in [-0.3, -0.25) is 9.71 Å². The molecule has 9 heteroatoms. The number of hydrogen-bond acceptors (Lipinski definition) is 4. The van der Waals surface area contributed by atoms with Crippen LogP contribution in [0.2, 0.25) is 0 Å². The molecule has 0 spiro atoms. The van der Waals surface area contributed by atoms with Crippen molar-refractivity contribution in [3.05, 3.63) is 83.1 Å². The quantitative estimate of drug-likeness (QED) is 0.517. The summed E-state index contributed by atoms with van der Waals surface area (Å²) in [6.45, 7) is 0.351. The molecule has 3 aromatic rings. The minimum absolute atomic E-state index is 0.145. The first kappa shape index (κ1) is 19.8. The van der Waals surface area contributed by atoms with E-state index in [2.05, 4.69) is 36.3 Å². The SMILES string of the molecule is O=C(NCc1cccnc1)Nc1ccc(NS(=O)(=O)c2ccccc2Br)cc1. The molecule has 3 rings (SSSR count). The van der Waals surface area contributed by atoms with Crippen molar-refractivity contribution in [1.82, 2.24) is 10.3 Å². The van der Waals surface area contributed by atoms with Crippen molar-refractivity contribution in [1.29, 1.82) is 0 Å². The summed E-state index contributed by atoms with van der Waals surface area (Å²) in [6, 6.07) is 16.2. The molecule has 0 aliphatic carbocycles. The molecule has 1 aromatic heterocycles. The Kier molecular flexibility index (Phi) is 6.27. The fourth-order valence-corrected chi connectivity index (χ4v) is 4.42. The van der Waals surface area contributed by atoms with Crippen molar-refractivity contribution in [2.45, 2.75) is 11.4 Å². The highest BCUT2D eigenvalue weighted by atomic mass is 79.9. The highest BCUT2D eigenvalue weighted by Gasteiger charge is 2.17. The van der Waals surface area contributed by atoms with Crippen molar-refractivity contribution in [3.63, 3.8) is 0 Å². The van der Waals surface area contributed by atoms with E-state index >= 15 is 0 Å². The number of rotatable bonds is 6. The van der Waals surface area contributed by atoms with Crippen LogP contribution in [0.3, 0.4) is 0 Å². The number of urea groups is 1. The molecule has 0 aliphatic heterocycles. The highest BCUT2D eigenvalue weighted by molar-refractivity contribution is 9.10. The Morgan fingerprint density at radius 3 is 2.36 bits per heavy atom. The molecule has 2 amide bonds. The fraction of sp³-hybridized carbons (Fsp3) is 0.0526. The molecule has 0 atom stereocenters. The summed E-state index contributed by atoms with van der Waals surface area (Å²) in [7, 11) is -3.72. The third-order valence-electron chi connectivity index (χ3n) is 3.70. The zero-order chi connectivity index (χ0) is 20.0. The molecule has 3 N–H and O–H groups in total. The average Bonchev–Trinajstić information content (AvgIpc) is 2.69. The van der Waals surface area contributed by atoms with Crippen LogP contribution in [0.5, 0.6) is 0 Å². The summed E-state index contributed by atoms with van der Waals surface area (Å²) in [4.78, 5) is 16.1. The summed E-state index contributed by atoms with van der Waals surface area (Å²) in [5.74, 6) is 0. The fourth-order valence-electron chi connectivity index (χ4n) is 2.35. The number of carbonyl (C=O) groups excluding carboxylic acids is 1. The number of aromatic nitrogens is 1. The van der Waals surface area contributed by atoms with Crippen molar-refractivity contribution < 1.29 is 13.2 Å². The van der Waals surface area contributed by atoms with Crippen LogP contribution in [0.15, 0.2) is 82.4 Å². The van der Waals surface area contributed by atoms with Gasteiger partial charge in [0.05, 0.1) is 0 Å². The highest BCUT2D eigenvalue weighted by Crippen LogP contribution is 2.24. The van der Waals surface area contributed by atoms with Gasteiger partial charge < -0.3 is 10.6 Å². The Balaban J connectivity index is 1.59. The lowest BCUT2D eigenvalue weighted by Crippen LogP contribution is -2.28. The number of sulfonamides is 1. The van der Waals surface area contributed by atoms with Crippen LogP contribution in [-0.2, 0) is 16.6 Å². The van der Waals surface area contributed by atoms with Crippen molar-refractivity contribution in [2.24, 2.45) is 0 Å². The van der Waals surface area contributed by atoms with Crippen LogP contribution in [0.4, 0.5) is 16.2 Å². The van der Waals surface area contributed by atoms with E-state index in [1.54, 1.807) is 60.9 Å². The van der Waals surface area contributed by atoms with E-state index in [1.165, 1.54) is 6.07 Å². The Labute approximate surface area is 171 Å². The molecule has 2 aromatic carbocycles. The first-order valence-corrected chi connectivity index (χ1v) is 10.5. The monoisotopic (exact) mass is 460 g/mol. The molecule has 0 aliphatic rings. The molecule has 0 fully saturated rings. The second-order valence-electron chi connectivity index (χ2n) is 5.78. The Hall–Kier alpha value is -2.91. The largest absolute Gasteiger partial charge is 0.334 e. The molecular weight excluding hydrogens is 444 g/mol. The minimum atomic E-state index is -3.72. The number of benzene rings is 2. The van der Waals surface area contributed by atoms with Crippen molar-refractivity contribution in [2.75, 3.05) is 10.0 Å². The van der Waals surface area contributed by atoms with Gasteiger partial charge in [0.15, 0.2) is 0 Å². The van der Waals surface area contributed by atoms with E-state index in [-0.39, 0.29) is 10.9 Å². The van der Waals surface area contributed by atoms with Crippen molar-refractivity contribution in [3.8, 4) is 0 Å². The molecule has 7 nitrogen and oxygen atoms in total. The predicted octanol–water partition coefficient (Wildman–Crippen LogP) is 3.97. The molecular formula is C19H17BrN4O3S. The second kappa shape index (κ2) is 8.85. The van der Waals surface area contributed by atoms with Gasteiger partial charge in [0.2, 0.25) is 0 Å². The van der Waals surface area contributed by atoms with Crippen molar-refractivity contribution >= 4 is 43.4 Å². The van der Waals surface area contributed by atoms with E-state index in [0.717, 1.165) is 5.56 Å². The maximum atomic E-state index is 12.5. The molecule has 0 saturated heterocycles. The smallest absolute Gasteiger partial charge is 0.319 e. The Bertz CT molecular complexity index is 1060. The van der Waals surface area contributed by atoms with Gasteiger partial charge in [-0.05, 0) is 64.0 Å². The van der Waals surface area contributed by atoms with Crippen LogP contribution < -0.4 is 15.4 Å². The average molecular weight is 461 g/mol. The third kappa shape index (κ3) is 5.30. The van der Waals surface area contributed by atoms with Crippen LogP contribution in [-0.4, -0.2) is 19.4 Å². The molecule has 0 saturated carbocycles. The summed E-state index contributed by atoms with van der Waals surface area (Å²) in [5.41, 5.74) is 1.80. The maximum Gasteiger partial charge on any atom is 0.319 e. The standard InChI is InChI=1S/C19H17BrN4O3S/c20-17-5-1-2-6-18(17)28(26,27)24-16-9-7-15(8-10-16)23-19(25)22-13-14-4-3-11-21-12-14/h1-12,24H,13H2,(H2,22,23,25). The minimum Gasteiger partial charge on any atom is -0.334 e. The summed E-state index contributed by atoms with van der Waals surface area (Å²) >= 11 is 3.24. The van der Waals surface area contributed by atoms with E-state index in [0.29, 0.717) is 22.4 Å². The first-order valence-electron chi connectivity index (χ1n) is 8.25. The number of pyridine rings is 1. The number of hydrogen-bond donors (Lipinski definition) is 3. The molecule has 0 bridgehead atoms. The van der Waals surface area contributed by atoms with Crippen LogP contribution >= 0.6 is 15.9 Å². The number of nitrogens with zero attached hydrogens (tertiary/aromatic N) is 1. The summed E-state index contributed by atoms with van der Waals surface area (Å²) in [6.07, 6.45) is 3.34. The van der Waals surface area contributed by atoms with E-state index < -0.39 is 10.0 Å². The second-order valence-corrected chi connectivity index (χ2v) is 8.29. The van der Waals surface area contributed by atoms with E-state index in [4.69, 9.17) is 0 Å². The van der Waals surface area contributed by atoms with Gasteiger partial charge in [-0.1, -0.05) is 18.2 Å². The van der Waals surface area contributed by atoms with E-state index in [9.17, 15) is 13.2 Å². The van der Waals surface area contributed by atoms with Gasteiger partial charge in [-0.2, -0.15) is 0 Å². The molecule has 0 unspecified atom stereocenters. The summed E-state index contributed by atoms with van der Waals surface area (Å²) < 4.78 is 27.9. The van der Waals surface area contributed by atoms with Gasteiger partial charge in [-0.15, -0.1) is 0 Å². The Morgan fingerprint density at radius 2 is 1.68 bits per heavy atom. The zero-order valence-corrected chi connectivity index (χ0v) is 17.0. The molecule has 0 radical (unpaired) electrons. The maximum absolute atomic E-state index is 12.5.